The Morgan fingerprint density at radius 1 is 1.26 bits per heavy atom. The molecular weight excluding hydrogens is 240 g/mol. The van der Waals surface area contributed by atoms with Crippen molar-refractivity contribution in [3.05, 3.63) is 0 Å². The van der Waals surface area contributed by atoms with Crippen LogP contribution in [0, 0.1) is 5.92 Å². The van der Waals surface area contributed by atoms with E-state index in [1.165, 1.54) is 25.7 Å². The van der Waals surface area contributed by atoms with E-state index in [0.29, 0.717) is 6.10 Å². The highest BCUT2D eigenvalue weighted by molar-refractivity contribution is 5.84. The Hall–Kier alpha value is -0.610. The predicted octanol–water partition coefficient (Wildman–Crippen LogP) is 1.97. The molecule has 1 amide bonds. The van der Waals surface area contributed by atoms with Gasteiger partial charge in [0.1, 0.15) is 0 Å². The lowest BCUT2D eigenvalue weighted by Crippen LogP contribution is -2.58. The maximum absolute atomic E-state index is 11.7. The standard InChI is InChI=1S/C15H28N2O2/c1-11-5-3-6-12(9-11)19-13-7-4-8-15(10-13,17-2)14(16)18/h11-13,17H,3-10H2,1-2H3,(H2,16,18). The highest BCUT2D eigenvalue weighted by atomic mass is 16.5. The molecule has 4 heteroatoms. The Morgan fingerprint density at radius 2 is 2.00 bits per heavy atom. The fourth-order valence-electron chi connectivity index (χ4n) is 3.69. The summed E-state index contributed by atoms with van der Waals surface area (Å²) < 4.78 is 6.26. The van der Waals surface area contributed by atoms with E-state index in [0.717, 1.165) is 31.6 Å². The molecule has 0 spiro atoms. The number of carbonyl (C=O) groups is 1. The van der Waals surface area contributed by atoms with Crippen molar-refractivity contribution in [2.24, 2.45) is 11.7 Å². The minimum Gasteiger partial charge on any atom is -0.375 e. The summed E-state index contributed by atoms with van der Waals surface area (Å²) in [5.41, 5.74) is 5.02. The molecule has 2 fully saturated rings. The van der Waals surface area contributed by atoms with Crippen molar-refractivity contribution in [2.75, 3.05) is 7.05 Å². The molecule has 2 aliphatic carbocycles. The zero-order valence-corrected chi connectivity index (χ0v) is 12.3. The molecule has 0 saturated heterocycles. The number of likely N-dealkylation sites (N-methyl/N-ethyl adjacent to an activating group) is 1. The van der Waals surface area contributed by atoms with Gasteiger partial charge in [-0.2, -0.15) is 0 Å². The van der Waals surface area contributed by atoms with Gasteiger partial charge in [-0.1, -0.05) is 19.8 Å². The van der Waals surface area contributed by atoms with Crippen LogP contribution in [-0.2, 0) is 9.53 Å². The second kappa shape index (κ2) is 6.23. The molecule has 0 aromatic heterocycles. The van der Waals surface area contributed by atoms with E-state index in [1.54, 1.807) is 0 Å². The molecule has 2 aliphatic rings. The molecule has 2 rings (SSSR count). The van der Waals surface area contributed by atoms with Crippen LogP contribution >= 0.6 is 0 Å². The fraction of sp³-hybridized carbons (Fsp3) is 0.933. The smallest absolute Gasteiger partial charge is 0.237 e. The molecule has 0 heterocycles. The van der Waals surface area contributed by atoms with Gasteiger partial charge < -0.3 is 15.8 Å². The largest absolute Gasteiger partial charge is 0.375 e. The van der Waals surface area contributed by atoms with Crippen LogP contribution in [-0.4, -0.2) is 30.7 Å². The summed E-state index contributed by atoms with van der Waals surface area (Å²) in [5, 5.41) is 3.14. The second-order valence-electron chi connectivity index (χ2n) is 6.44. The molecule has 4 unspecified atom stereocenters. The van der Waals surface area contributed by atoms with Crippen LogP contribution < -0.4 is 11.1 Å². The molecule has 19 heavy (non-hydrogen) atoms. The third kappa shape index (κ3) is 3.48. The van der Waals surface area contributed by atoms with Gasteiger partial charge in [0, 0.05) is 6.42 Å². The van der Waals surface area contributed by atoms with Gasteiger partial charge >= 0.3 is 0 Å². The number of nitrogens with one attached hydrogen (secondary N) is 1. The lowest BCUT2D eigenvalue weighted by Gasteiger charge is -2.40. The summed E-state index contributed by atoms with van der Waals surface area (Å²) in [6, 6.07) is 0. The molecule has 4 atom stereocenters. The minimum atomic E-state index is -0.552. The van der Waals surface area contributed by atoms with Crippen LogP contribution in [0.5, 0.6) is 0 Å². The first-order valence-corrected chi connectivity index (χ1v) is 7.70. The Kier molecular flexibility index (Phi) is 4.85. The van der Waals surface area contributed by atoms with Crippen LogP contribution in [0.1, 0.15) is 58.3 Å². The zero-order chi connectivity index (χ0) is 13.9. The molecule has 0 aliphatic heterocycles. The lowest BCUT2D eigenvalue weighted by atomic mass is 9.79. The molecule has 0 aromatic rings. The van der Waals surface area contributed by atoms with Gasteiger partial charge in [-0.15, -0.1) is 0 Å². The predicted molar refractivity (Wildman–Crippen MR) is 75.7 cm³/mol. The highest BCUT2D eigenvalue weighted by Gasteiger charge is 2.41. The summed E-state index contributed by atoms with van der Waals surface area (Å²) in [5.74, 6) is 0.535. The molecule has 0 aromatic carbocycles. The molecule has 4 nitrogen and oxygen atoms in total. The van der Waals surface area contributed by atoms with Crippen molar-refractivity contribution in [1.82, 2.24) is 5.32 Å². The van der Waals surface area contributed by atoms with Gasteiger partial charge in [0.2, 0.25) is 5.91 Å². The summed E-state index contributed by atoms with van der Waals surface area (Å²) >= 11 is 0. The Labute approximate surface area is 116 Å². The quantitative estimate of drug-likeness (QED) is 0.819. The Morgan fingerprint density at radius 3 is 2.63 bits per heavy atom. The fourth-order valence-corrected chi connectivity index (χ4v) is 3.69. The van der Waals surface area contributed by atoms with Gasteiger partial charge in [0.25, 0.3) is 0 Å². The van der Waals surface area contributed by atoms with E-state index in [2.05, 4.69) is 12.2 Å². The molecule has 3 N–H and O–H groups in total. The SMILES string of the molecule is CNC1(C(N)=O)CCCC(OC2CCCC(C)C2)C1. The molecule has 110 valence electrons. The number of rotatable bonds is 4. The summed E-state index contributed by atoms with van der Waals surface area (Å²) in [6.07, 6.45) is 9.13. The van der Waals surface area contributed by atoms with E-state index >= 15 is 0 Å². The van der Waals surface area contributed by atoms with Crippen LogP contribution in [0.3, 0.4) is 0 Å². The van der Waals surface area contributed by atoms with E-state index < -0.39 is 5.54 Å². The number of hydrogen-bond acceptors (Lipinski definition) is 3. The van der Waals surface area contributed by atoms with Gasteiger partial charge in [-0.25, -0.2) is 0 Å². The van der Waals surface area contributed by atoms with Crippen molar-refractivity contribution >= 4 is 5.91 Å². The number of nitrogens with two attached hydrogens (primary N) is 1. The number of primary amides is 1. The van der Waals surface area contributed by atoms with Crippen molar-refractivity contribution in [3.63, 3.8) is 0 Å². The van der Waals surface area contributed by atoms with Crippen molar-refractivity contribution in [3.8, 4) is 0 Å². The zero-order valence-electron chi connectivity index (χ0n) is 12.3. The van der Waals surface area contributed by atoms with E-state index in [1.807, 2.05) is 7.05 Å². The van der Waals surface area contributed by atoms with Crippen molar-refractivity contribution < 1.29 is 9.53 Å². The lowest BCUT2D eigenvalue weighted by molar-refractivity contribution is -0.130. The van der Waals surface area contributed by atoms with Crippen LogP contribution in [0.25, 0.3) is 0 Å². The number of carbonyl (C=O) groups excluding carboxylic acids is 1. The normalized spacial score (nSPS) is 40.0. The Bertz CT molecular complexity index is 321. The van der Waals surface area contributed by atoms with E-state index in [-0.39, 0.29) is 12.0 Å². The topological polar surface area (TPSA) is 64.3 Å². The maximum Gasteiger partial charge on any atom is 0.237 e. The summed E-state index contributed by atoms with van der Waals surface area (Å²) in [6.45, 7) is 2.30. The number of amides is 1. The highest BCUT2D eigenvalue weighted by Crippen LogP contribution is 2.33. The first-order chi connectivity index (χ1) is 9.05. The van der Waals surface area contributed by atoms with Gasteiger partial charge in [0.15, 0.2) is 0 Å². The molecule has 2 saturated carbocycles. The maximum atomic E-state index is 11.7. The summed E-state index contributed by atoms with van der Waals surface area (Å²) in [4.78, 5) is 11.7. The average Bonchev–Trinajstić information content (AvgIpc) is 2.38. The number of ether oxygens (including phenoxy) is 1. The van der Waals surface area contributed by atoms with Gasteiger partial charge in [0.05, 0.1) is 17.7 Å². The minimum absolute atomic E-state index is 0.184. The molecule has 0 radical (unpaired) electrons. The van der Waals surface area contributed by atoms with Crippen LogP contribution in [0.4, 0.5) is 0 Å². The first-order valence-electron chi connectivity index (χ1n) is 7.70. The monoisotopic (exact) mass is 268 g/mol. The third-order valence-corrected chi connectivity index (χ3v) is 4.93. The van der Waals surface area contributed by atoms with Gasteiger partial charge in [-0.3, -0.25) is 4.79 Å². The van der Waals surface area contributed by atoms with Crippen molar-refractivity contribution in [1.29, 1.82) is 0 Å². The average molecular weight is 268 g/mol. The Balaban J connectivity index is 1.92. The van der Waals surface area contributed by atoms with Gasteiger partial charge in [-0.05, 0) is 45.1 Å². The molecule has 0 bridgehead atoms. The second-order valence-corrected chi connectivity index (χ2v) is 6.44. The van der Waals surface area contributed by atoms with Crippen molar-refractivity contribution in [2.45, 2.75) is 76.0 Å². The third-order valence-electron chi connectivity index (χ3n) is 4.93. The van der Waals surface area contributed by atoms with Crippen LogP contribution in [0.15, 0.2) is 0 Å². The number of hydrogen-bond donors (Lipinski definition) is 2. The molecular formula is C15H28N2O2. The van der Waals surface area contributed by atoms with E-state index in [4.69, 9.17) is 10.5 Å². The van der Waals surface area contributed by atoms with E-state index in [9.17, 15) is 4.79 Å². The first kappa shape index (κ1) is 14.8. The summed E-state index contributed by atoms with van der Waals surface area (Å²) in [7, 11) is 1.83. The van der Waals surface area contributed by atoms with Crippen LogP contribution in [0.2, 0.25) is 0 Å².